The van der Waals surface area contributed by atoms with Gasteiger partial charge in [-0.05, 0) is 42.4 Å². The van der Waals surface area contributed by atoms with Gasteiger partial charge in [-0.2, -0.15) is 10.2 Å². The number of likely N-dealkylation sites (tertiary alicyclic amines) is 2. The number of hydrogen-bond donors (Lipinski definition) is 5. The largest absolute Gasteiger partial charge is 0.391 e. The Balaban J connectivity index is 0.689. The van der Waals surface area contributed by atoms with Crippen molar-refractivity contribution in [2.24, 2.45) is 22.7 Å². The van der Waals surface area contributed by atoms with E-state index in [2.05, 4.69) is 41.1 Å². The molecule has 5 N–H and O–H groups in total. The van der Waals surface area contributed by atoms with Crippen LogP contribution in [0.3, 0.4) is 0 Å². The first-order valence-electron chi connectivity index (χ1n) is 25.8. The SMILES string of the molecule is Cc1ncsc1-c1ccc(C(C)NC(=O)[C@@H]2C[C@@H](O)CN2C(=O)C(NC(=O)CN2CCN(CC(=O)N3CC(C(c4ccccc4)n4cc(NC(=O)c5n[nH]c6c5C[C@@H]5C(F)(F)[C@]5(C)C6)cn4)C3)CC2)C(C)(C)C)cc1. The zero-order valence-electron chi connectivity index (χ0n) is 43.2. The smallest absolute Gasteiger partial charge is 0.276 e. The summed E-state index contributed by atoms with van der Waals surface area (Å²) in [5, 5.41) is 31.3. The number of aryl methyl sites for hydroxylation is 1. The predicted molar refractivity (Wildman–Crippen MR) is 277 cm³/mol. The highest BCUT2D eigenvalue weighted by Gasteiger charge is 2.78. The van der Waals surface area contributed by atoms with Crippen LogP contribution in [0.5, 0.6) is 0 Å². The highest BCUT2D eigenvalue weighted by atomic mass is 32.1. The lowest BCUT2D eigenvalue weighted by Crippen LogP contribution is -2.59. The van der Waals surface area contributed by atoms with Gasteiger partial charge in [0.25, 0.3) is 11.8 Å². The van der Waals surface area contributed by atoms with Crippen molar-refractivity contribution in [2.75, 3.05) is 64.2 Å². The van der Waals surface area contributed by atoms with Gasteiger partial charge in [-0.3, -0.25) is 43.6 Å². The molecule has 18 nitrogen and oxygen atoms in total. The Morgan fingerprint density at radius 3 is 2.29 bits per heavy atom. The number of aliphatic hydroxyl groups excluding tert-OH is 1. The van der Waals surface area contributed by atoms with Gasteiger partial charge in [0.15, 0.2) is 5.69 Å². The minimum absolute atomic E-state index is 0.000739. The Labute approximate surface area is 438 Å². The second-order valence-electron chi connectivity index (χ2n) is 22.5. The van der Waals surface area contributed by atoms with E-state index in [1.54, 1.807) is 35.3 Å². The summed E-state index contributed by atoms with van der Waals surface area (Å²) in [5.41, 5.74) is 5.55. The number of hydrogen-bond acceptors (Lipinski definition) is 12. The Morgan fingerprint density at radius 2 is 1.63 bits per heavy atom. The van der Waals surface area contributed by atoms with E-state index in [-0.39, 0.29) is 80.3 Å². The third-order valence-corrected chi connectivity index (χ3v) is 17.2. The van der Waals surface area contributed by atoms with Gasteiger partial charge in [0.2, 0.25) is 23.6 Å². The summed E-state index contributed by atoms with van der Waals surface area (Å²) in [5.74, 6) is -5.18. The number of benzene rings is 2. The first-order valence-corrected chi connectivity index (χ1v) is 26.7. The molecule has 2 aromatic carbocycles. The van der Waals surface area contributed by atoms with Crippen molar-refractivity contribution in [3.8, 4) is 10.4 Å². The van der Waals surface area contributed by atoms with Gasteiger partial charge < -0.3 is 30.9 Å². The van der Waals surface area contributed by atoms with E-state index in [1.807, 2.05) is 105 Å². The van der Waals surface area contributed by atoms with Gasteiger partial charge >= 0.3 is 0 Å². The average molecular weight is 1050 g/mol. The molecule has 6 heterocycles. The number of anilines is 1. The van der Waals surface area contributed by atoms with Gasteiger partial charge in [-0.25, -0.2) is 13.8 Å². The molecule has 5 aliphatic rings. The van der Waals surface area contributed by atoms with E-state index >= 15 is 0 Å². The van der Waals surface area contributed by atoms with Crippen molar-refractivity contribution in [2.45, 2.75) is 97.0 Å². The maximum absolute atomic E-state index is 14.6. The fourth-order valence-electron chi connectivity index (χ4n) is 11.6. The number of nitrogens with one attached hydrogen (secondary N) is 4. The molecule has 75 heavy (non-hydrogen) atoms. The van der Waals surface area contributed by atoms with Crippen molar-refractivity contribution in [3.63, 3.8) is 0 Å². The molecule has 0 bridgehead atoms. The van der Waals surface area contributed by atoms with Gasteiger partial charge in [-0.15, -0.1) is 11.3 Å². The minimum Gasteiger partial charge on any atom is -0.391 e. The van der Waals surface area contributed by atoms with E-state index < -0.39 is 52.7 Å². The number of nitrogens with zero attached hydrogens (tertiary/aromatic N) is 8. The maximum Gasteiger partial charge on any atom is 0.276 e. The molecule has 1 saturated carbocycles. The predicted octanol–water partition coefficient (Wildman–Crippen LogP) is 4.70. The molecule has 21 heteroatoms. The van der Waals surface area contributed by atoms with E-state index in [4.69, 9.17) is 0 Å². The van der Waals surface area contributed by atoms with Crippen molar-refractivity contribution >= 4 is 46.6 Å². The Kier molecular flexibility index (Phi) is 14.1. The molecule has 3 unspecified atom stereocenters. The van der Waals surface area contributed by atoms with Crippen LogP contribution in [0, 0.1) is 29.6 Å². The molecule has 2 aliphatic carbocycles. The fraction of sp³-hybridized carbons (Fsp3) is 0.519. The van der Waals surface area contributed by atoms with E-state index in [1.165, 1.54) is 4.90 Å². The number of β-amino-alcohol motifs (C(OH)–C–C–N with tert-alkyl or cyclic N) is 1. The van der Waals surface area contributed by atoms with E-state index in [0.29, 0.717) is 56.2 Å². The Hall–Kier alpha value is -6.42. The molecule has 0 radical (unpaired) electrons. The summed E-state index contributed by atoms with van der Waals surface area (Å²) in [4.78, 5) is 81.6. The van der Waals surface area contributed by atoms with Gasteiger partial charge in [0, 0.05) is 93.4 Å². The zero-order valence-corrected chi connectivity index (χ0v) is 44.0. The number of carbonyl (C=O) groups excluding carboxylic acids is 5. The number of amides is 5. The molecule has 3 aromatic heterocycles. The van der Waals surface area contributed by atoms with Crippen LogP contribution in [0.15, 0.2) is 72.5 Å². The fourth-order valence-corrected chi connectivity index (χ4v) is 12.4. The van der Waals surface area contributed by atoms with Gasteiger partial charge in [-0.1, -0.05) is 82.3 Å². The monoisotopic (exact) mass is 1050 g/mol. The highest BCUT2D eigenvalue weighted by molar-refractivity contribution is 7.13. The molecule has 10 rings (SSSR count). The average Bonchev–Trinajstić information content (AvgIpc) is 4.08. The maximum atomic E-state index is 14.6. The van der Waals surface area contributed by atoms with Crippen LogP contribution in [0.2, 0.25) is 0 Å². The topological polar surface area (TPSA) is 214 Å². The van der Waals surface area contributed by atoms with Crippen LogP contribution >= 0.6 is 11.3 Å². The van der Waals surface area contributed by atoms with Crippen LogP contribution in [-0.2, 0) is 32.0 Å². The summed E-state index contributed by atoms with van der Waals surface area (Å²) in [6.07, 6.45) is 2.73. The minimum atomic E-state index is -2.77. The molecule has 3 aliphatic heterocycles. The third kappa shape index (κ3) is 10.3. The number of aromatic nitrogens is 5. The number of halogens is 2. The summed E-state index contributed by atoms with van der Waals surface area (Å²) < 4.78 is 30.9. The lowest BCUT2D eigenvalue weighted by Gasteiger charge is -2.44. The first kappa shape index (κ1) is 52.0. The van der Waals surface area contributed by atoms with Crippen molar-refractivity contribution in [1.82, 2.24) is 55.2 Å². The number of aromatic amines is 1. The van der Waals surface area contributed by atoms with Gasteiger partial charge in [0.1, 0.15) is 12.1 Å². The summed E-state index contributed by atoms with van der Waals surface area (Å²) >= 11 is 1.57. The van der Waals surface area contributed by atoms with E-state index in [9.17, 15) is 37.9 Å². The van der Waals surface area contributed by atoms with Gasteiger partial charge in [0.05, 0.1) is 59.2 Å². The van der Waals surface area contributed by atoms with Crippen molar-refractivity contribution in [3.05, 3.63) is 106 Å². The first-order chi connectivity index (χ1) is 35.7. The van der Waals surface area contributed by atoms with Crippen LogP contribution in [0.4, 0.5) is 14.5 Å². The second-order valence-corrected chi connectivity index (χ2v) is 23.4. The lowest BCUT2D eigenvalue weighted by molar-refractivity contribution is -0.144. The number of alkyl halides is 2. The van der Waals surface area contributed by atoms with Crippen molar-refractivity contribution in [1.29, 1.82) is 0 Å². The number of carbonyl (C=O) groups is 5. The number of H-pyrrole nitrogens is 1. The standard InChI is InChI=1S/C54H66F2N12O6S/c1-31(33-12-14-35(15-13-33)47-32(2)57-30-75-47)59-49(72)41-20-38(69)27-67(41)51(74)48(52(3,4)5)61-43(70)28-64-16-18-65(19-17-64)29-44(71)66-24-36(25-66)46(34-10-8-7-9-11-34)68-26-37(23-58-68)60-50(73)45-39-21-42-53(6,54(42,55)56)22-40(39)62-63-45/h7-15,23,26,30-31,36,38,41-42,46,48,69H,16-22,24-25,27-29H2,1-6H3,(H,59,72)(H,60,73)(H,61,70)(H,62,63)/t31?,38-,41+,42+,46?,48?,53-/m1/s1. The van der Waals surface area contributed by atoms with Crippen LogP contribution in [-0.4, -0.2) is 162 Å². The molecular weight excluding hydrogens is 983 g/mol. The number of rotatable bonds is 15. The van der Waals surface area contributed by atoms with Crippen LogP contribution in [0.1, 0.15) is 91.7 Å². The number of thiazole rings is 1. The Morgan fingerprint density at radius 1 is 0.933 bits per heavy atom. The molecule has 5 amide bonds. The normalized spacial score (nSPS) is 23.8. The zero-order chi connectivity index (χ0) is 53.1. The number of fused-ring (bicyclic) bond motifs is 2. The summed E-state index contributed by atoms with van der Waals surface area (Å²) in [6, 6.07) is 15.3. The van der Waals surface area contributed by atoms with Crippen LogP contribution < -0.4 is 16.0 Å². The van der Waals surface area contributed by atoms with Crippen molar-refractivity contribution < 1.29 is 37.9 Å². The molecule has 3 saturated heterocycles. The molecule has 398 valence electrons. The molecule has 0 spiro atoms. The molecule has 5 aromatic rings. The quantitative estimate of drug-likeness (QED) is 0.0970. The molecule has 7 atom stereocenters. The summed E-state index contributed by atoms with van der Waals surface area (Å²) in [6.45, 7) is 14.5. The number of piperazine rings is 1. The second kappa shape index (κ2) is 20.3. The van der Waals surface area contributed by atoms with Crippen LogP contribution in [0.25, 0.3) is 10.4 Å². The third-order valence-electron chi connectivity index (χ3n) is 16.3. The molecular formula is C54H66F2N12O6S. The summed E-state index contributed by atoms with van der Waals surface area (Å²) in [7, 11) is 0. The highest BCUT2D eigenvalue weighted by Crippen LogP contribution is 2.70. The number of aliphatic hydroxyl groups is 1. The Bertz CT molecular complexity index is 2940. The lowest BCUT2D eigenvalue weighted by atomic mass is 9.85. The van der Waals surface area contributed by atoms with E-state index in [0.717, 1.165) is 27.3 Å². The molecule has 4 fully saturated rings.